The highest BCUT2D eigenvalue weighted by Crippen LogP contribution is 2.37. The van der Waals surface area contributed by atoms with E-state index in [2.05, 4.69) is 9.47 Å². The molecule has 16 heavy (non-hydrogen) atoms. The van der Waals surface area contributed by atoms with Gasteiger partial charge in [-0.05, 0) is 19.3 Å². The summed E-state index contributed by atoms with van der Waals surface area (Å²) in [4.78, 5) is 0. The van der Waals surface area contributed by atoms with E-state index in [1.807, 2.05) is 0 Å². The summed E-state index contributed by atoms with van der Waals surface area (Å²) in [5.41, 5.74) is 0. The maximum atomic E-state index is 12.1. The quantitative estimate of drug-likeness (QED) is 0.703. The van der Waals surface area contributed by atoms with Crippen molar-refractivity contribution in [3.8, 4) is 0 Å². The minimum absolute atomic E-state index is 0.0443. The van der Waals surface area contributed by atoms with Gasteiger partial charge in [-0.3, -0.25) is 0 Å². The molecule has 0 saturated carbocycles. The van der Waals surface area contributed by atoms with Crippen LogP contribution in [0, 0.1) is 0 Å². The van der Waals surface area contributed by atoms with Crippen LogP contribution in [-0.4, -0.2) is 31.4 Å². The van der Waals surface area contributed by atoms with Crippen molar-refractivity contribution in [1.82, 2.24) is 0 Å². The van der Waals surface area contributed by atoms with Crippen LogP contribution < -0.4 is 0 Å². The van der Waals surface area contributed by atoms with E-state index in [1.165, 1.54) is 0 Å². The van der Waals surface area contributed by atoms with Crippen molar-refractivity contribution < 1.29 is 35.8 Å². The highest BCUT2D eigenvalue weighted by atomic mass is 19.4. The molecule has 1 fully saturated rings. The van der Waals surface area contributed by atoms with Crippen LogP contribution >= 0.6 is 0 Å². The zero-order valence-corrected chi connectivity index (χ0v) is 8.07. The molecule has 0 aromatic heterocycles. The molecule has 1 atom stereocenters. The van der Waals surface area contributed by atoms with Gasteiger partial charge >= 0.3 is 12.4 Å². The molecule has 2 nitrogen and oxygen atoms in total. The van der Waals surface area contributed by atoms with Crippen LogP contribution in [-0.2, 0) is 9.47 Å². The molecule has 96 valence electrons. The molecule has 0 radical (unpaired) electrons. The molecule has 1 rings (SSSR count). The van der Waals surface area contributed by atoms with E-state index in [4.69, 9.17) is 0 Å². The van der Waals surface area contributed by atoms with Gasteiger partial charge in [-0.25, -0.2) is 0 Å². The maximum absolute atomic E-state index is 12.1. The number of halogens is 6. The second kappa shape index (κ2) is 4.79. The first-order chi connectivity index (χ1) is 7.21. The van der Waals surface area contributed by atoms with E-state index < -0.39 is 24.7 Å². The first-order valence-corrected chi connectivity index (χ1v) is 4.62. The predicted octanol–water partition coefficient (Wildman–Crippen LogP) is 3.02. The van der Waals surface area contributed by atoms with Crippen LogP contribution in [0.3, 0.4) is 0 Å². The SMILES string of the molecule is FC(F)(F)C(OC1CCCCO1)C(F)(F)F. The van der Waals surface area contributed by atoms with Crippen LogP contribution in [0.4, 0.5) is 26.3 Å². The third-order valence-corrected chi connectivity index (χ3v) is 2.02. The fourth-order valence-corrected chi connectivity index (χ4v) is 1.31. The van der Waals surface area contributed by atoms with Crippen molar-refractivity contribution >= 4 is 0 Å². The summed E-state index contributed by atoms with van der Waals surface area (Å²) in [7, 11) is 0. The van der Waals surface area contributed by atoms with Gasteiger partial charge in [0.25, 0.3) is 6.10 Å². The molecule has 8 heteroatoms. The summed E-state index contributed by atoms with van der Waals surface area (Å²) in [5, 5.41) is 0. The van der Waals surface area contributed by atoms with Gasteiger partial charge in [0.1, 0.15) is 0 Å². The van der Waals surface area contributed by atoms with Gasteiger partial charge in [0.2, 0.25) is 0 Å². The Bertz CT molecular complexity index is 204. The smallest absolute Gasteiger partial charge is 0.353 e. The molecule has 0 bridgehead atoms. The Morgan fingerprint density at radius 2 is 1.56 bits per heavy atom. The molecule has 1 unspecified atom stereocenters. The summed E-state index contributed by atoms with van der Waals surface area (Å²) < 4.78 is 81.0. The zero-order valence-electron chi connectivity index (χ0n) is 8.07. The first kappa shape index (κ1) is 13.6. The molecule has 0 aromatic rings. The molecule has 0 aromatic carbocycles. The third-order valence-electron chi connectivity index (χ3n) is 2.02. The van der Waals surface area contributed by atoms with E-state index in [-0.39, 0.29) is 13.0 Å². The fourth-order valence-electron chi connectivity index (χ4n) is 1.31. The topological polar surface area (TPSA) is 18.5 Å². The van der Waals surface area contributed by atoms with Crippen molar-refractivity contribution in [2.75, 3.05) is 6.61 Å². The van der Waals surface area contributed by atoms with Gasteiger partial charge in [0, 0.05) is 6.61 Å². The van der Waals surface area contributed by atoms with Crippen molar-refractivity contribution in [2.45, 2.75) is 44.0 Å². The minimum atomic E-state index is -5.47. The van der Waals surface area contributed by atoms with E-state index in [0.717, 1.165) is 0 Å². The van der Waals surface area contributed by atoms with Crippen molar-refractivity contribution in [1.29, 1.82) is 0 Å². The van der Waals surface area contributed by atoms with E-state index in [0.29, 0.717) is 12.8 Å². The lowest BCUT2D eigenvalue weighted by atomic mass is 10.2. The van der Waals surface area contributed by atoms with E-state index >= 15 is 0 Å². The summed E-state index contributed by atoms with van der Waals surface area (Å²) in [6.45, 7) is 0.118. The van der Waals surface area contributed by atoms with Crippen molar-refractivity contribution in [3.63, 3.8) is 0 Å². The number of rotatable bonds is 2. The molecule has 0 spiro atoms. The molecule has 0 aliphatic carbocycles. The molecule has 1 aliphatic heterocycles. The van der Waals surface area contributed by atoms with Crippen molar-refractivity contribution in [3.05, 3.63) is 0 Å². The molecular weight excluding hydrogens is 242 g/mol. The lowest BCUT2D eigenvalue weighted by Crippen LogP contribution is -2.47. The largest absolute Gasteiger partial charge is 0.423 e. The summed E-state index contributed by atoms with van der Waals surface area (Å²) in [5.74, 6) is 0. The normalized spacial score (nSPS) is 23.8. The molecule has 0 N–H and O–H groups in total. The second-order valence-corrected chi connectivity index (χ2v) is 3.40. The standard InChI is InChI=1S/C8H10F6O2/c9-7(10,11)6(8(12,13)14)16-5-3-1-2-4-15-5/h5-6H,1-4H2. The fraction of sp³-hybridized carbons (Fsp3) is 1.00. The van der Waals surface area contributed by atoms with Gasteiger partial charge in [-0.2, -0.15) is 26.3 Å². The summed E-state index contributed by atoms with van der Waals surface area (Å²) in [6.07, 6.45) is -15.0. The Balaban J connectivity index is 2.63. The highest BCUT2D eigenvalue weighted by molar-refractivity contribution is 4.77. The summed E-state index contributed by atoms with van der Waals surface area (Å²) in [6, 6.07) is 0. The molecule has 1 saturated heterocycles. The molecule has 1 aliphatic rings. The first-order valence-electron chi connectivity index (χ1n) is 4.62. The minimum Gasteiger partial charge on any atom is -0.353 e. The molecule has 1 heterocycles. The van der Waals surface area contributed by atoms with Gasteiger partial charge in [-0.15, -0.1) is 0 Å². The van der Waals surface area contributed by atoms with Gasteiger partial charge in [0.05, 0.1) is 0 Å². The average molecular weight is 252 g/mol. The van der Waals surface area contributed by atoms with Crippen LogP contribution in [0.15, 0.2) is 0 Å². The summed E-state index contributed by atoms with van der Waals surface area (Å²) >= 11 is 0. The van der Waals surface area contributed by atoms with E-state index in [1.54, 1.807) is 0 Å². The number of ether oxygens (including phenoxy) is 2. The van der Waals surface area contributed by atoms with Crippen LogP contribution in [0.2, 0.25) is 0 Å². The Morgan fingerprint density at radius 1 is 1.00 bits per heavy atom. The average Bonchev–Trinajstić information content (AvgIpc) is 2.12. The molecule has 0 amide bonds. The monoisotopic (exact) mass is 252 g/mol. The Morgan fingerprint density at radius 3 is 1.94 bits per heavy atom. The van der Waals surface area contributed by atoms with Crippen LogP contribution in [0.25, 0.3) is 0 Å². The Labute approximate surface area is 87.5 Å². The number of hydrogen-bond donors (Lipinski definition) is 0. The third kappa shape index (κ3) is 3.82. The maximum Gasteiger partial charge on any atom is 0.423 e. The Kier molecular flexibility index (Phi) is 4.06. The van der Waals surface area contributed by atoms with Gasteiger partial charge < -0.3 is 9.47 Å². The second-order valence-electron chi connectivity index (χ2n) is 3.40. The lowest BCUT2D eigenvalue weighted by Gasteiger charge is -2.29. The van der Waals surface area contributed by atoms with Crippen LogP contribution in [0.1, 0.15) is 19.3 Å². The number of hydrogen-bond acceptors (Lipinski definition) is 2. The lowest BCUT2D eigenvalue weighted by molar-refractivity contribution is -0.356. The van der Waals surface area contributed by atoms with Crippen LogP contribution in [0.5, 0.6) is 0 Å². The highest BCUT2D eigenvalue weighted by Gasteiger charge is 2.59. The number of alkyl halides is 6. The Hall–Kier alpha value is -0.500. The zero-order chi connectivity index (χ0) is 12.4. The predicted molar refractivity (Wildman–Crippen MR) is 40.6 cm³/mol. The van der Waals surface area contributed by atoms with Crippen molar-refractivity contribution in [2.24, 2.45) is 0 Å². The molecular formula is C8H10F6O2. The van der Waals surface area contributed by atoms with Gasteiger partial charge in [-0.1, -0.05) is 0 Å². The van der Waals surface area contributed by atoms with Gasteiger partial charge in [0.15, 0.2) is 6.29 Å². The van der Waals surface area contributed by atoms with E-state index in [9.17, 15) is 26.3 Å².